The van der Waals surface area contributed by atoms with Crippen LogP contribution in [-0.2, 0) is 11.2 Å². The maximum absolute atomic E-state index is 14.7. The van der Waals surface area contributed by atoms with E-state index in [4.69, 9.17) is 15.5 Å². The average molecular weight is 721 g/mol. The number of pyridine rings is 1. The summed E-state index contributed by atoms with van der Waals surface area (Å²) in [6, 6.07) is 12.4. The number of nitrogens with zero attached hydrogens (tertiary/aromatic N) is 5. The standard InChI is InChI=1S/C23H33F.C22H28N6O/c1-4-6-18(8-5-7-17(3)19-10-11-19)14-22-21-12-9-16(2)13-20(21)15-23(22)24;1-5-6-7-19(16(2)23)17(3)24-20-8-9-21(25-18(20)4)28-11-10-22(26-28)27-12-14-29-15-13-27/h9,12-13,18-19,22-23H,3-8,10-11,14-15H2,1-2H3;5-11H,2,12-15,23H2,1,3-4H3/b;6-5-,19-7+,24-17?/t18?,22-,23?;/m1./s1. The first-order valence-corrected chi connectivity index (χ1v) is 19.7. The maximum atomic E-state index is 14.7. The summed E-state index contributed by atoms with van der Waals surface area (Å²) in [4.78, 5) is 11.6. The van der Waals surface area contributed by atoms with E-state index >= 15 is 0 Å². The largest absolute Gasteiger partial charge is 0.399 e. The molecule has 2 aromatic heterocycles. The van der Waals surface area contributed by atoms with Gasteiger partial charge in [-0.2, -0.15) is 0 Å². The lowest BCUT2D eigenvalue weighted by Gasteiger charge is -2.26. The molecule has 53 heavy (non-hydrogen) atoms. The number of aryl methyl sites for hydroxylation is 2. The second-order valence-electron chi connectivity index (χ2n) is 15.1. The van der Waals surface area contributed by atoms with Gasteiger partial charge in [-0.25, -0.2) is 14.1 Å². The lowest BCUT2D eigenvalue weighted by molar-refractivity contribution is 0.122. The molecule has 1 saturated carbocycles. The molecule has 6 rings (SSSR count). The molecule has 0 radical (unpaired) electrons. The van der Waals surface area contributed by atoms with Crippen LogP contribution in [0.15, 0.2) is 95.8 Å². The number of nitrogens with two attached hydrogens (primary N) is 1. The predicted molar refractivity (Wildman–Crippen MR) is 219 cm³/mol. The van der Waals surface area contributed by atoms with E-state index in [1.165, 1.54) is 67.2 Å². The Bertz CT molecular complexity index is 1790. The Hall–Kier alpha value is -4.30. The molecule has 2 N–H and O–H groups in total. The van der Waals surface area contributed by atoms with Crippen LogP contribution in [0.3, 0.4) is 0 Å². The van der Waals surface area contributed by atoms with Crippen molar-refractivity contribution in [3.05, 3.63) is 113 Å². The van der Waals surface area contributed by atoms with E-state index in [-0.39, 0.29) is 5.92 Å². The quantitative estimate of drug-likeness (QED) is 0.0960. The SMILES string of the molecule is C=C(CCCC(CCC)C[C@@H]1c2ccc(C)cc2CC1F)C1CC1.C=C(N)/C(=C\C=C/C)C(C)=Nc1ccc(-n2ccc(N3CCOCC3)n2)nc1C. The molecule has 1 saturated heterocycles. The number of rotatable bonds is 15. The van der Waals surface area contributed by atoms with Gasteiger partial charge in [-0.15, -0.1) is 5.10 Å². The van der Waals surface area contributed by atoms with Crippen molar-refractivity contribution in [2.24, 2.45) is 22.6 Å². The Kier molecular flexibility index (Phi) is 14.4. The highest BCUT2D eigenvalue weighted by Gasteiger charge is 2.34. The lowest BCUT2D eigenvalue weighted by Crippen LogP contribution is -2.36. The summed E-state index contributed by atoms with van der Waals surface area (Å²) >= 11 is 0. The number of halogens is 1. The van der Waals surface area contributed by atoms with Crippen molar-refractivity contribution in [2.45, 2.75) is 104 Å². The van der Waals surface area contributed by atoms with Crippen LogP contribution in [0.5, 0.6) is 0 Å². The first-order valence-electron chi connectivity index (χ1n) is 19.7. The summed E-state index contributed by atoms with van der Waals surface area (Å²) in [5.74, 6) is 3.31. The summed E-state index contributed by atoms with van der Waals surface area (Å²) in [6.07, 6.45) is 17.5. The molecule has 3 atom stereocenters. The molecule has 0 amide bonds. The molecule has 3 aromatic rings. The van der Waals surface area contributed by atoms with Gasteiger partial charge < -0.3 is 15.4 Å². The second kappa shape index (κ2) is 19.2. The van der Waals surface area contributed by atoms with Crippen LogP contribution in [0.2, 0.25) is 0 Å². The molecule has 1 aliphatic heterocycles. The van der Waals surface area contributed by atoms with Gasteiger partial charge in [-0.05, 0) is 94.9 Å². The molecular weight excluding hydrogens is 660 g/mol. The third-order valence-corrected chi connectivity index (χ3v) is 10.8. The predicted octanol–water partition coefficient (Wildman–Crippen LogP) is 10.4. The second-order valence-corrected chi connectivity index (χ2v) is 15.1. The molecule has 2 unspecified atom stereocenters. The van der Waals surface area contributed by atoms with Crippen LogP contribution >= 0.6 is 0 Å². The van der Waals surface area contributed by atoms with Crippen molar-refractivity contribution in [3.8, 4) is 5.82 Å². The van der Waals surface area contributed by atoms with E-state index in [1.54, 1.807) is 4.68 Å². The number of benzene rings is 1. The van der Waals surface area contributed by atoms with Crippen molar-refractivity contribution in [1.82, 2.24) is 14.8 Å². The van der Waals surface area contributed by atoms with E-state index in [2.05, 4.69) is 60.2 Å². The van der Waals surface area contributed by atoms with Crippen molar-refractivity contribution < 1.29 is 9.13 Å². The zero-order chi connectivity index (χ0) is 37.9. The van der Waals surface area contributed by atoms with Crippen LogP contribution in [0.1, 0.15) is 100 Å². The number of anilines is 1. The summed E-state index contributed by atoms with van der Waals surface area (Å²) in [6.45, 7) is 21.4. The third-order valence-electron chi connectivity index (χ3n) is 10.8. The number of hydrogen-bond acceptors (Lipinski definition) is 6. The van der Waals surface area contributed by atoms with Gasteiger partial charge in [0, 0.05) is 54.7 Å². The van der Waals surface area contributed by atoms with E-state index in [0.717, 1.165) is 72.9 Å². The molecule has 8 heteroatoms. The van der Waals surface area contributed by atoms with Crippen LogP contribution in [0.25, 0.3) is 5.82 Å². The number of alkyl halides is 1. The zero-order valence-electron chi connectivity index (χ0n) is 32.8. The topological polar surface area (TPSA) is 81.6 Å². The molecule has 0 bridgehead atoms. The fourth-order valence-corrected chi connectivity index (χ4v) is 7.64. The number of ether oxygens (including phenoxy) is 1. The molecular formula is C45H61FN6O. The molecule has 2 fully saturated rings. The monoisotopic (exact) mass is 720 g/mol. The molecule has 284 valence electrons. The van der Waals surface area contributed by atoms with Crippen molar-refractivity contribution >= 4 is 17.2 Å². The van der Waals surface area contributed by atoms with Gasteiger partial charge in [-0.1, -0.05) is 86.9 Å². The minimum atomic E-state index is -0.678. The molecule has 1 aromatic carbocycles. The average Bonchev–Trinajstić information content (AvgIpc) is 3.80. The van der Waals surface area contributed by atoms with Crippen molar-refractivity contribution in [1.29, 1.82) is 0 Å². The van der Waals surface area contributed by atoms with Crippen molar-refractivity contribution in [3.63, 3.8) is 0 Å². The molecule has 3 heterocycles. The Balaban J connectivity index is 0.000000208. The molecule has 3 aliphatic rings. The van der Waals surface area contributed by atoms with E-state index in [9.17, 15) is 4.39 Å². The van der Waals surface area contributed by atoms with Crippen molar-refractivity contribution in [2.75, 3.05) is 31.2 Å². The fourth-order valence-electron chi connectivity index (χ4n) is 7.64. The summed E-state index contributed by atoms with van der Waals surface area (Å²) < 4.78 is 21.9. The van der Waals surface area contributed by atoms with Gasteiger partial charge in [-0.3, -0.25) is 4.99 Å². The van der Waals surface area contributed by atoms with Gasteiger partial charge in [0.2, 0.25) is 0 Å². The third kappa shape index (κ3) is 11.1. The maximum Gasteiger partial charge on any atom is 0.153 e. The highest BCUT2D eigenvalue weighted by atomic mass is 19.1. The number of fused-ring (bicyclic) bond motifs is 1. The molecule has 0 spiro atoms. The molecule has 7 nitrogen and oxygen atoms in total. The number of allylic oxidation sites excluding steroid dienone is 5. The lowest BCUT2D eigenvalue weighted by atomic mass is 9.83. The Morgan fingerprint density at radius 3 is 2.55 bits per heavy atom. The summed E-state index contributed by atoms with van der Waals surface area (Å²) in [7, 11) is 0. The Morgan fingerprint density at radius 1 is 1.09 bits per heavy atom. The number of morpholine rings is 1. The van der Waals surface area contributed by atoms with Gasteiger partial charge in [0.15, 0.2) is 11.6 Å². The first kappa shape index (κ1) is 39.9. The minimum absolute atomic E-state index is 0.129. The van der Waals surface area contributed by atoms with Crippen LogP contribution in [-0.4, -0.2) is 53.0 Å². The van der Waals surface area contributed by atoms with E-state index in [1.807, 2.05) is 63.4 Å². The summed E-state index contributed by atoms with van der Waals surface area (Å²) in [5.41, 5.74) is 14.9. The molecule has 2 aliphatic carbocycles. The number of hydrogen-bond donors (Lipinski definition) is 1. The fraction of sp³-hybridized carbons (Fsp3) is 0.489. The smallest absolute Gasteiger partial charge is 0.153 e. The Labute approximate surface area is 317 Å². The van der Waals surface area contributed by atoms with Gasteiger partial charge in [0.25, 0.3) is 0 Å². The van der Waals surface area contributed by atoms with Crippen LogP contribution in [0.4, 0.5) is 15.9 Å². The van der Waals surface area contributed by atoms with Gasteiger partial charge in [0.05, 0.1) is 24.6 Å². The number of aliphatic imine (C=N–C) groups is 1. The Morgan fingerprint density at radius 2 is 1.87 bits per heavy atom. The zero-order valence-corrected chi connectivity index (χ0v) is 32.8. The van der Waals surface area contributed by atoms with E-state index in [0.29, 0.717) is 18.0 Å². The summed E-state index contributed by atoms with van der Waals surface area (Å²) in [5, 5.41) is 4.66. The van der Waals surface area contributed by atoms with E-state index < -0.39 is 6.17 Å². The first-order chi connectivity index (χ1) is 25.6. The number of aromatic nitrogens is 3. The normalized spacial score (nSPS) is 19.5. The minimum Gasteiger partial charge on any atom is -0.399 e. The van der Waals surface area contributed by atoms with Gasteiger partial charge in [0.1, 0.15) is 6.17 Å². The highest BCUT2D eigenvalue weighted by Crippen LogP contribution is 2.42. The highest BCUT2D eigenvalue weighted by molar-refractivity contribution is 6.03. The van der Waals surface area contributed by atoms with Crippen LogP contribution < -0.4 is 10.6 Å². The van der Waals surface area contributed by atoms with Gasteiger partial charge >= 0.3 is 0 Å². The van der Waals surface area contributed by atoms with Crippen LogP contribution in [0, 0.1) is 25.7 Å².